The van der Waals surface area contributed by atoms with E-state index in [1.165, 1.54) is 44.9 Å². The second-order valence-electron chi connectivity index (χ2n) is 11.4. The summed E-state index contributed by atoms with van der Waals surface area (Å²) in [6, 6.07) is 0. The number of hydrogen-bond donors (Lipinski definition) is 0. The Bertz CT molecular complexity index is 615. The molecule has 6 aliphatic carbocycles. The number of rotatable bonds is 3. The van der Waals surface area contributed by atoms with Gasteiger partial charge in [0, 0.05) is 17.8 Å². The van der Waals surface area contributed by atoms with Crippen LogP contribution in [0.3, 0.4) is 0 Å². The van der Waals surface area contributed by atoms with Crippen LogP contribution in [0.15, 0.2) is 0 Å². The van der Waals surface area contributed by atoms with Crippen molar-refractivity contribution in [1.29, 1.82) is 0 Å². The first kappa shape index (κ1) is 18.2. The normalized spacial score (nSPS) is 54.2. The second-order valence-corrected chi connectivity index (χ2v) is 11.4. The molecule has 5 atom stereocenters. The molecule has 7 aliphatic rings. The zero-order valence-electron chi connectivity index (χ0n) is 17.4. The number of carbonyl (C=O) groups is 1. The van der Waals surface area contributed by atoms with E-state index in [1.54, 1.807) is 0 Å². The molecule has 0 N–H and O–H groups in total. The van der Waals surface area contributed by atoms with Crippen LogP contribution in [-0.4, -0.2) is 31.6 Å². The van der Waals surface area contributed by atoms with Crippen molar-refractivity contribution < 1.29 is 19.0 Å². The summed E-state index contributed by atoms with van der Waals surface area (Å²) in [6.07, 6.45) is 12.5. The van der Waals surface area contributed by atoms with E-state index >= 15 is 0 Å². The van der Waals surface area contributed by atoms with Crippen molar-refractivity contribution in [2.45, 2.75) is 76.9 Å². The fourth-order valence-corrected chi connectivity index (χ4v) is 8.55. The smallest absolute Gasteiger partial charge is 0.312 e. The van der Waals surface area contributed by atoms with Gasteiger partial charge >= 0.3 is 5.97 Å². The Hall–Kier alpha value is -0.610. The molecular weight excluding hydrogens is 352 g/mol. The molecule has 6 saturated carbocycles. The molecular formula is C24H36O4. The van der Waals surface area contributed by atoms with Gasteiger partial charge in [0.15, 0.2) is 5.79 Å². The number of hydrogen-bond acceptors (Lipinski definition) is 4. The molecule has 1 aliphatic heterocycles. The average molecular weight is 389 g/mol. The number of fused-ring (bicyclic) bond motifs is 3. The standard InChI is InChI=1S/C24H36O4/c1-15-5-16-3-2-4-21(8-16)24(15)27-13-18(14-28-24)12-26-22(25)23-9-17-6-19(10-23)20(7-17)11-23/h15-21H,2-14H2,1H3. The van der Waals surface area contributed by atoms with Gasteiger partial charge in [-0.3, -0.25) is 4.79 Å². The number of ether oxygens (including phenoxy) is 3. The van der Waals surface area contributed by atoms with E-state index in [4.69, 9.17) is 14.2 Å². The lowest BCUT2D eigenvalue weighted by molar-refractivity contribution is -0.349. The van der Waals surface area contributed by atoms with Crippen molar-refractivity contribution in [3.63, 3.8) is 0 Å². The maximum atomic E-state index is 13.0. The molecule has 1 spiro atoms. The molecule has 4 heteroatoms. The highest BCUT2D eigenvalue weighted by atomic mass is 16.7. The Morgan fingerprint density at radius 3 is 2.43 bits per heavy atom. The number of esters is 1. The molecule has 1 heterocycles. The SMILES string of the molecule is CC1CC2CCCC(C2)C12OCC(COC(=O)C13CC4CC(C1)C(C4)C3)CO2. The molecule has 156 valence electrons. The first-order chi connectivity index (χ1) is 13.6. The summed E-state index contributed by atoms with van der Waals surface area (Å²) in [7, 11) is 0. The minimum Gasteiger partial charge on any atom is -0.465 e. The van der Waals surface area contributed by atoms with E-state index in [2.05, 4.69) is 6.92 Å². The van der Waals surface area contributed by atoms with Crippen LogP contribution in [0, 0.1) is 46.8 Å². The van der Waals surface area contributed by atoms with Gasteiger partial charge < -0.3 is 14.2 Å². The summed E-state index contributed by atoms with van der Waals surface area (Å²) in [4.78, 5) is 13.0. The lowest BCUT2D eigenvalue weighted by Crippen LogP contribution is -2.58. The highest BCUT2D eigenvalue weighted by Gasteiger charge is 2.60. The number of carbonyl (C=O) groups excluding carboxylic acids is 1. The van der Waals surface area contributed by atoms with Gasteiger partial charge in [-0.15, -0.1) is 0 Å². The molecule has 0 aromatic carbocycles. The Morgan fingerprint density at radius 2 is 1.71 bits per heavy atom. The third kappa shape index (κ3) is 2.66. The largest absolute Gasteiger partial charge is 0.465 e. The summed E-state index contributed by atoms with van der Waals surface area (Å²) in [5.41, 5.74) is -0.136. The summed E-state index contributed by atoms with van der Waals surface area (Å²) in [6.45, 7) is 4.15. The molecule has 0 aromatic rings. The van der Waals surface area contributed by atoms with Gasteiger partial charge in [-0.05, 0) is 75.0 Å². The van der Waals surface area contributed by atoms with Crippen molar-refractivity contribution in [2.24, 2.45) is 46.8 Å². The molecule has 4 nitrogen and oxygen atoms in total. The van der Waals surface area contributed by atoms with Crippen LogP contribution in [0.2, 0.25) is 0 Å². The Morgan fingerprint density at radius 1 is 0.964 bits per heavy atom. The van der Waals surface area contributed by atoms with Crippen LogP contribution < -0.4 is 0 Å². The Balaban J connectivity index is 1.05. The van der Waals surface area contributed by atoms with Gasteiger partial charge in [-0.25, -0.2) is 0 Å². The average Bonchev–Trinajstić information content (AvgIpc) is 3.13. The first-order valence-electron chi connectivity index (χ1n) is 12.0. The third-order valence-electron chi connectivity index (χ3n) is 9.62. The van der Waals surface area contributed by atoms with E-state index in [1.807, 2.05) is 0 Å². The van der Waals surface area contributed by atoms with E-state index in [9.17, 15) is 4.79 Å². The highest BCUT2D eigenvalue weighted by molar-refractivity contribution is 5.78. The molecule has 0 aromatic heterocycles. The quantitative estimate of drug-likeness (QED) is 0.665. The van der Waals surface area contributed by atoms with Gasteiger partial charge in [0.05, 0.1) is 25.2 Å². The molecule has 0 amide bonds. The van der Waals surface area contributed by atoms with Gasteiger partial charge in [0.25, 0.3) is 0 Å². The Labute approximate surface area is 169 Å². The van der Waals surface area contributed by atoms with Gasteiger partial charge in [-0.1, -0.05) is 19.8 Å². The van der Waals surface area contributed by atoms with E-state index in [-0.39, 0.29) is 23.1 Å². The van der Waals surface area contributed by atoms with Crippen LogP contribution in [-0.2, 0) is 19.0 Å². The molecule has 5 unspecified atom stereocenters. The Kier molecular flexibility index (Phi) is 4.18. The van der Waals surface area contributed by atoms with E-state index in [0.29, 0.717) is 31.7 Å². The van der Waals surface area contributed by atoms with E-state index < -0.39 is 0 Å². The minimum atomic E-state index is -0.362. The summed E-state index contributed by atoms with van der Waals surface area (Å²) in [5.74, 6) is 4.23. The van der Waals surface area contributed by atoms with Gasteiger partial charge in [0.2, 0.25) is 0 Å². The fourth-order valence-electron chi connectivity index (χ4n) is 8.55. The van der Waals surface area contributed by atoms with E-state index in [0.717, 1.165) is 42.9 Å². The van der Waals surface area contributed by atoms with Crippen molar-refractivity contribution >= 4 is 5.97 Å². The van der Waals surface area contributed by atoms with Gasteiger partial charge in [-0.2, -0.15) is 0 Å². The maximum Gasteiger partial charge on any atom is 0.312 e. The zero-order valence-corrected chi connectivity index (χ0v) is 17.4. The van der Waals surface area contributed by atoms with Crippen LogP contribution in [0.5, 0.6) is 0 Å². The van der Waals surface area contributed by atoms with Crippen molar-refractivity contribution in [2.75, 3.05) is 19.8 Å². The predicted molar refractivity (Wildman–Crippen MR) is 104 cm³/mol. The molecule has 7 rings (SSSR count). The fraction of sp³-hybridized carbons (Fsp3) is 0.958. The van der Waals surface area contributed by atoms with Crippen molar-refractivity contribution in [3.8, 4) is 0 Å². The van der Waals surface area contributed by atoms with Crippen LogP contribution in [0.25, 0.3) is 0 Å². The van der Waals surface area contributed by atoms with Gasteiger partial charge in [0.1, 0.15) is 0 Å². The highest BCUT2D eigenvalue weighted by Crippen LogP contribution is 2.64. The lowest BCUT2D eigenvalue weighted by Gasteiger charge is -2.54. The first-order valence-corrected chi connectivity index (χ1v) is 12.0. The summed E-state index contributed by atoms with van der Waals surface area (Å²) >= 11 is 0. The topological polar surface area (TPSA) is 44.8 Å². The van der Waals surface area contributed by atoms with Crippen molar-refractivity contribution in [3.05, 3.63) is 0 Å². The lowest BCUT2D eigenvalue weighted by atomic mass is 9.64. The van der Waals surface area contributed by atoms with Crippen molar-refractivity contribution in [1.82, 2.24) is 0 Å². The summed E-state index contributed by atoms with van der Waals surface area (Å²) in [5, 5.41) is 0. The molecule has 7 fully saturated rings. The van der Waals surface area contributed by atoms with Crippen LogP contribution >= 0.6 is 0 Å². The van der Waals surface area contributed by atoms with Crippen LogP contribution in [0.1, 0.15) is 71.1 Å². The maximum absolute atomic E-state index is 13.0. The summed E-state index contributed by atoms with van der Waals surface area (Å²) < 4.78 is 18.8. The monoisotopic (exact) mass is 388 g/mol. The molecule has 6 bridgehead atoms. The predicted octanol–water partition coefficient (Wildman–Crippen LogP) is 4.56. The molecule has 28 heavy (non-hydrogen) atoms. The second kappa shape index (κ2) is 6.44. The van der Waals surface area contributed by atoms with Crippen LogP contribution in [0.4, 0.5) is 0 Å². The zero-order chi connectivity index (χ0) is 18.9. The molecule has 1 saturated heterocycles. The molecule has 0 radical (unpaired) electrons. The minimum absolute atomic E-state index is 0.0887. The third-order valence-corrected chi connectivity index (χ3v) is 9.62.